The first kappa shape index (κ1) is 12.1. The van der Waals surface area contributed by atoms with Gasteiger partial charge in [-0.15, -0.1) is 0 Å². The molecule has 1 saturated carbocycles. The number of carbonyl (C=O) groups excluding carboxylic acids is 1. The molecule has 1 heterocycles. The van der Waals surface area contributed by atoms with E-state index in [1.165, 1.54) is 25.7 Å². The van der Waals surface area contributed by atoms with Crippen LogP contribution < -0.4 is 4.74 Å². The van der Waals surface area contributed by atoms with Gasteiger partial charge in [-0.1, -0.05) is 25.7 Å². The highest BCUT2D eigenvalue weighted by Crippen LogP contribution is 2.28. The second-order valence-corrected chi connectivity index (χ2v) is 4.63. The summed E-state index contributed by atoms with van der Waals surface area (Å²) in [4.78, 5) is 16.4. The normalized spacial score (nSPS) is 17.5. The SMILES string of the molecule is COc1cnccc1C(=O)C1CCCCCC1. The van der Waals surface area contributed by atoms with Crippen LogP contribution in [0, 0.1) is 5.92 Å². The predicted octanol–water partition coefficient (Wildman–Crippen LogP) is 3.24. The molecule has 0 amide bonds. The van der Waals surface area contributed by atoms with E-state index in [2.05, 4.69) is 4.98 Å². The number of pyridine rings is 1. The molecule has 0 radical (unpaired) electrons. The van der Waals surface area contributed by atoms with Gasteiger partial charge in [0.25, 0.3) is 0 Å². The third-order valence-electron chi connectivity index (χ3n) is 3.50. The van der Waals surface area contributed by atoms with Crippen molar-refractivity contribution in [3.05, 3.63) is 24.0 Å². The van der Waals surface area contributed by atoms with Gasteiger partial charge in [-0.25, -0.2) is 0 Å². The van der Waals surface area contributed by atoms with Gasteiger partial charge in [0.1, 0.15) is 5.75 Å². The van der Waals surface area contributed by atoms with E-state index in [0.29, 0.717) is 11.3 Å². The summed E-state index contributed by atoms with van der Waals surface area (Å²) in [6, 6.07) is 1.77. The number of carbonyl (C=O) groups is 1. The van der Waals surface area contributed by atoms with Gasteiger partial charge in [0.15, 0.2) is 5.78 Å². The van der Waals surface area contributed by atoms with E-state index in [9.17, 15) is 4.79 Å². The van der Waals surface area contributed by atoms with E-state index in [0.717, 1.165) is 12.8 Å². The Morgan fingerprint density at radius 2 is 2.00 bits per heavy atom. The van der Waals surface area contributed by atoms with Gasteiger partial charge >= 0.3 is 0 Å². The molecule has 1 fully saturated rings. The number of ketones is 1. The summed E-state index contributed by atoms with van der Waals surface area (Å²) in [5.74, 6) is 1.00. The zero-order chi connectivity index (χ0) is 12.1. The third kappa shape index (κ3) is 2.84. The molecule has 0 bridgehead atoms. The number of aromatic nitrogens is 1. The van der Waals surface area contributed by atoms with E-state index in [1.54, 1.807) is 25.6 Å². The maximum atomic E-state index is 12.4. The largest absolute Gasteiger partial charge is 0.494 e. The molecule has 1 aliphatic carbocycles. The van der Waals surface area contributed by atoms with E-state index >= 15 is 0 Å². The Morgan fingerprint density at radius 1 is 1.29 bits per heavy atom. The molecular formula is C14H19NO2. The molecule has 1 aromatic rings. The van der Waals surface area contributed by atoms with Gasteiger partial charge in [-0.3, -0.25) is 9.78 Å². The quantitative estimate of drug-likeness (QED) is 0.594. The molecule has 17 heavy (non-hydrogen) atoms. The Hall–Kier alpha value is -1.38. The molecular weight excluding hydrogens is 214 g/mol. The number of nitrogens with zero attached hydrogens (tertiary/aromatic N) is 1. The lowest BCUT2D eigenvalue weighted by Crippen LogP contribution is -2.15. The monoisotopic (exact) mass is 233 g/mol. The zero-order valence-electron chi connectivity index (χ0n) is 10.3. The average Bonchev–Trinajstić information content (AvgIpc) is 2.66. The molecule has 3 nitrogen and oxygen atoms in total. The fourth-order valence-electron chi connectivity index (χ4n) is 2.51. The minimum absolute atomic E-state index is 0.175. The summed E-state index contributed by atoms with van der Waals surface area (Å²) >= 11 is 0. The number of rotatable bonds is 3. The summed E-state index contributed by atoms with van der Waals surface area (Å²) in [5.41, 5.74) is 0.689. The van der Waals surface area contributed by atoms with Crippen molar-refractivity contribution < 1.29 is 9.53 Å². The van der Waals surface area contributed by atoms with Crippen LogP contribution in [0.15, 0.2) is 18.5 Å². The van der Waals surface area contributed by atoms with Crippen molar-refractivity contribution in [2.24, 2.45) is 5.92 Å². The van der Waals surface area contributed by atoms with Crippen molar-refractivity contribution in [1.29, 1.82) is 0 Å². The molecule has 0 saturated heterocycles. The van der Waals surface area contributed by atoms with Gasteiger partial charge in [-0.2, -0.15) is 0 Å². The summed E-state index contributed by atoms with van der Waals surface area (Å²) < 4.78 is 5.21. The van der Waals surface area contributed by atoms with Crippen LogP contribution in [0.25, 0.3) is 0 Å². The minimum atomic E-state index is 0.175. The predicted molar refractivity (Wildman–Crippen MR) is 66.3 cm³/mol. The standard InChI is InChI=1S/C14H19NO2/c1-17-13-10-15-9-8-12(13)14(16)11-6-4-2-3-5-7-11/h8-11H,2-7H2,1H3. The Labute approximate surface area is 102 Å². The van der Waals surface area contributed by atoms with Crippen LogP contribution in [0.3, 0.4) is 0 Å². The van der Waals surface area contributed by atoms with Gasteiger partial charge in [0, 0.05) is 12.1 Å². The average molecular weight is 233 g/mol. The van der Waals surface area contributed by atoms with Crippen molar-refractivity contribution in [3.63, 3.8) is 0 Å². The molecule has 0 atom stereocenters. The molecule has 0 aromatic carbocycles. The zero-order valence-corrected chi connectivity index (χ0v) is 10.3. The van der Waals surface area contributed by atoms with Crippen LogP contribution in [0.4, 0.5) is 0 Å². The summed E-state index contributed by atoms with van der Waals surface area (Å²) in [6.07, 6.45) is 10.2. The molecule has 0 spiro atoms. The molecule has 3 heteroatoms. The number of hydrogen-bond acceptors (Lipinski definition) is 3. The molecule has 1 aromatic heterocycles. The smallest absolute Gasteiger partial charge is 0.169 e. The minimum Gasteiger partial charge on any atom is -0.494 e. The molecule has 2 rings (SSSR count). The van der Waals surface area contributed by atoms with Crippen molar-refractivity contribution in [3.8, 4) is 5.75 Å². The van der Waals surface area contributed by atoms with Gasteiger partial charge in [-0.05, 0) is 18.9 Å². The van der Waals surface area contributed by atoms with Crippen LogP contribution in [-0.4, -0.2) is 17.9 Å². The van der Waals surface area contributed by atoms with E-state index in [4.69, 9.17) is 4.74 Å². The maximum absolute atomic E-state index is 12.4. The molecule has 0 aliphatic heterocycles. The second-order valence-electron chi connectivity index (χ2n) is 4.63. The lowest BCUT2D eigenvalue weighted by atomic mass is 9.91. The summed E-state index contributed by atoms with van der Waals surface area (Å²) in [6.45, 7) is 0. The van der Waals surface area contributed by atoms with Crippen LogP contribution in [0.1, 0.15) is 48.9 Å². The lowest BCUT2D eigenvalue weighted by molar-refractivity contribution is 0.0904. The first-order valence-corrected chi connectivity index (χ1v) is 6.35. The molecule has 0 N–H and O–H groups in total. The Bertz CT molecular complexity index is 382. The number of hydrogen-bond donors (Lipinski definition) is 0. The fourth-order valence-corrected chi connectivity index (χ4v) is 2.51. The third-order valence-corrected chi connectivity index (χ3v) is 3.50. The second kappa shape index (κ2) is 5.80. The summed E-state index contributed by atoms with van der Waals surface area (Å²) in [7, 11) is 1.58. The van der Waals surface area contributed by atoms with E-state index in [1.807, 2.05) is 0 Å². The fraction of sp³-hybridized carbons (Fsp3) is 0.571. The molecule has 0 unspecified atom stereocenters. The van der Waals surface area contributed by atoms with Crippen molar-refractivity contribution in [1.82, 2.24) is 4.98 Å². The maximum Gasteiger partial charge on any atom is 0.169 e. The first-order chi connectivity index (χ1) is 8.33. The van der Waals surface area contributed by atoms with Crippen molar-refractivity contribution >= 4 is 5.78 Å². The van der Waals surface area contributed by atoms with Crippen molar-refractivity contribution in [2.75, 3.05) is 7.11 Å². The van der Waals surface area contributed by atoms with Crippen LogP contribution >= 0.6 is 0 Å². The van der Waals surface area contributed by atoms with E-state index < -0.39 is 0 Å². The first-order valence-electron chi connectivity index (χ1n) is 6.35. The van der Waals surface area contributed by atoms with Crippen LogP contribution in [0.2, 0.25) is 0 Å². The van der Waals surface area contributed by atoms with Gasteiger partial charge in [0.2, 0.25) is 0 Å². The van der Waals surface area contributed by atoms with Crippen LogP contribution in [0.5, 0.6) is 5.75 Å². The van der Waals surface area contributed by atoms with Crippen LogP contribution in [-0.2, 0) is 0 Å². The Balaban J connectivity index is 2.17. The lowest BCUT2D eigenvalue weighted by Gasteiger charge is -2.14. The Kier molecular flexibility index (Phi) is 4.13. The van der Waals surface area contributed by atoms with Gasteiger partial charge in [0.05, 0.1) is 18.9 Å². The number of Topliss-reactive ketones (excluding diaryl/α,β-unsaturated/α-hetero) is 1. The topological polar surface area (TPSA) is 39.2 Å². The Morgan fingerprint density at radius 3 is 2.65 bits per heavy atom. The van der Waals surface area contributed by atoms with Crippen molar-refractivity contribution in [2.45, 2.75) is 38.5 Å². The number of ether oxygens (including phenoxy) is 1. The highest BCUT2D eigenvalue weighted by atomic mass is 16.5. The summed E-state index contributed by atoms with van der Waals surface area (Å²) in [5, 5.41) is 0. The van der Waals surface area contributed by atoms with Gasteiger partial charge < -0.3 is 4.74 Å². The number of methoxy groups -OCH3 is 1. The highest BCUT2D eigenvalue weighted by molar-refractivity contribution is 6.00. The molecule has 1 aliphatic rings. The van der Waals surface area contributed by atoms with E-state index in [-0.39, 0.29) is 11.7 Å². The molecule has 92 valence electrons. The highest BCUT2D eigenvalue weighted by Gasteiger charge is 2.23.